The van der Waals surface area contributed by atoms with E-state index in [0.29, 0.717) is 29.4 Å². The summed E-state index contributed by atoms with van der Waals surface area (Å²) in [6.07, 6.45) is 10.3. The maximum atomic E-state index is 15.1. The van der Waals surface area contributed by atoms with Gasteiger partial charge in [0.25, 0.3) is 0 Å². The average molecular weight is 463 g/mol. The molecule has 0 saturated heterocycles. The molecular formula is C29H47FO3. The maximum Gasteiger partial charge on any atom is 0.308 e. The summed E-state index contributed by atoms with van der Waals surface area (Å²) in [7, 11) is 0. The Bertz CT molecular complexity index is 759. The second kappa shape index (κ2) is 12.8. The molecule has 1 aromatic rings. The molecule has 4 atom stereocenters. The zero-order valence-corrected chi connectivity index (χ0v) is 22.1. The average Bonchev–Trinajstić information content (AvgIpc) is 2.68. The monoisotopic (exact) mass is 462 g/mol. The highest BCUT2D eigenvalue weighted by Crippen LogP contribution is 2.46. The molecule has 33 heavy (non-hydrogen) atoms. The number of hydrogen-bond donors (Lipinski definition) is 0. The summed E-state index contributed by atoms with van der Waals surface area (Å²) in [6.45, 7) is 14.6. The number of alkyl halides is 1. The van der Waals surface area contributed by atoms with Crippen LogP contribution in [0.3, 0.4) is 0 Å². The largest absolute Gasteiger partial charge is 0.487 e. The van der Waals surface area contributed by atoms with Gasteiger partial charge in [-0.3, -0.25) is 4.79 Å². The first-order valence-corrected chi connectivity index (χ1v) is 13.1. The number of ether oxygens (including phenoxy) is 2. The number of benzene rings is 1. The lowest BCUT2D eigenvalue weighted by molar-refractivity contribution is -0.131. The number of carbonyl (C=O) groups is 1. The van der Waals surface area contributed by atoms with Crippen LogP contribution < -0.4 is 9.47 Å². The van der Waals surface area contributed by atoms with Crippen LogP contribution in [0.4, 0.5) is 4.39 Å². The van der Waals surface area contributed by atoms with Crippen LogP contribution in [0.2, 0.25) is 0 Å². The Hall–Kier alpha value is -1.58. The van der Waals surface area contributed by atoms with Crippen LogP contribution >= 0.6 is 0 Å². The highest BCUT2D eigenvalue weighted by molar-refractivity contribution is 5.69. The van der Waals surface area contributed by atoms with E-state index in [-0.39, 0.29) is 0 Å². The second-order valence-corrected chi connectivity index (χ2v) is 11.3. The van der Waals surface area contributed by atoms with Gasteiger partial charge in [0.2, 0.25) is 0 Å². The van der Waals surface area contributed by atoms with Crippen molar-refractivity contribution in [1.29, 1.82) is 0 Å². The van der Waals surface area contributed by atoms with Crippen molar-refractivity contribution < 1.29 is 18.7 Å². The molecule has 0 spiro atoms. The standard InChI is InChI=1S/C29H47FO3/c1-20(2)11-8-12-21(3)13-9-14-22(4)15-10-16-29(7)19-27(30)26-18-25(32-24(6)31)17-23(5)28(26)33-29/h17-18,20-22,27H,8-16,19H2,1-7H3/t21-,22-,27?,29-/m1/s1. The normalized spacial score (nSPS) is 21.9. The molecule has 1 unspecified atom stereocenters. The molecule has 0 aliphatic carbocycles. The summed E-state index contributed by atoms with van der Waals surface area (Å²) in [5.74, 6) is 2.94. The van der Waals surface area contributed by atoms with Gasteiger partial charge in [0.05, 0.1) is 0 Å². The molecular weight excluding hydrogens is 415 g/mol. The Morgan fingerprint density at radius 3 is 2.21 bits per heavy atom. The van der Waals surface area contributed by atoms with Gasteiger partial charge in [0.15, 0.2) is 0 Å². The predicted molar refractivity (Wildman–Crippen MR) is 135 cm³/mol. The fraction of sp³-hybridized carbons (Fsp3) is 0.759. The predicted octanol–water partition coefficient (Wildman–Crippen LogP) is 8.91. The summed E-state index contributed by atoms with van der Waals surface area (Å²) in [5.41, 5.74) is 0.818. The topological polar surface area (TPSA) is 35.5 Å². The number of carbonyl (C=O) groups excluding carboxylic acids is 1. The van der Waals surface area contributed by atoms with Crippen LogP contribution in [0, 0.1) is 24.7 Å². The van der Waals surface area contributed by atoms with Gasteiger partial charge in [0, 0.05) is 18.9 Å². The fourth-order valence-electron chi connectivity index (χ4n) is 5.10. The van der Waals surface area contributed by atoms with Gasteiger partial charge >= 0.3 is 5.97 Å². The third-order valence-electron chi connectivity index (χ3n) is 7.11. The molecule has 188 valence electrons. The molecule has 0 bridgehead atoms. The Balaban J connectivity index is 1.77. The van der Waals surface area contributed by atoms with E-state index >= 15 is 4.39 Å². The molecule has 4 heteroatoms. The molecule has 0 aromatic heterocycles. The summed E-state index contributed by atoms with van der Waals surface area (Å²) in [6, 6.07) is 3.37. The third-order valence-corrected chi connectivity index (χ3v) is 7.11. The lowest BCUT2D eigenvalue weighted by Crippen LogP contribution is -2.37. The summed E-state index contributed by atoms with van der Waals surface area (Å²) < 4.78 is 26.6. The minimum Gasteiger partial charge on any atom is -0.487 e. The van der Waals surface area contributed by atoms with Gasteiger partial charge in [-0.05, 0) is 62.1 Å². The van der Waals surface area contributed by atoms with Crippen molar-refractivity contribution in [2.75, 3.05) is 0 Å². The van der Waals surface area contributed by atoms with E-state index in [0.717, 1.165) is 36.7 Å². The molecule has 0 radical (unpaired) electrons. The first-order chi connectivity index (χ1) is 15.5. The molecule has 2 rings (SSSR count). The number of fused-ring (bicyclic) bond motifs is 1. The summed E-state index contributed by atoms with van der Waals surface area (Å²) in [4.78, 5) is 11.3. The van der Waals surface area contributed by atoms with Crippen molar-refractivity contribution in [3.8, 4) is 11.5 Å². The van der Waals surface area contributed by atoms with Crippen LogP contribution in [-0.4, -0.2) is 11.6 Å². The molecule has 1 aliphatic rings. The van der Waals surface area contributed by atoms with E-state index in [4.69, 9.17) is 9.47 Å². The number of hydrogen-bond acceptors (Lipinski definition) is 3. The van der Waals surface area contributed by atoms with E-state index in [1.165, 1.54) is 45.4 Å². The lowest BCUT2D eigenvalue weighted by atomic mass is 9.85. The zero-order chi connectivity index (χ0) is 24.6. The molecule has 0 saturated carbocycles. The van der Waals surface area contributed by atoms with Gasteiger partial charge in [-0.25, -0.2) is 4.39 Å². The smallest absolute Gasteiger partial charge is 0.308 e. The Labute approximate surface area is 201 Å². The SMILES string of the molecule is CC(=O)Oc1cc(C)c2c(c1)C(F)C[C@@](C)(CCC[C@H](C)CCC[C@H](C)CCCC(C)C)O2. The van der Waals surface area contributed by atoms with Crippen LogP contribution in [0.25, 0.3) is 0 Å². The highest BCUT2D eigenvalue weighted by Gasteiger charge is 2.38. The van der Waals surface area contributed by atoms with E-state index in [9.17, 15) is 4.79 Å². The maximum absolute atomic E-state index is 15.1. The molecule has 1 aliphatic heterocycles. The van der Waals surface area contributed by atoms with E-state index in [1.54, 1.807) is 12.1 Å². The van der Waals surface area contributed by atoms with Crippen molar-refractivity contribution >= 4 is 5.97 Å². The third kappa shape index (κ3) is 9.29. The summed E-state index contributed by atoms with van der Waals surface area (Å²) >= 11 is 0. The zero-order valence-electron chi connectivity index (χ0n) is 22.1. The number of aryl methyl sites for hydroxylation is 1. The Kier molecular flexibility index (Phi) is 10.7. The second-order valence-electron chi connectivity index (χ2n) is 11.3. The number of esters is 1. The molecule has 0 fully saturated rings. The molecule has 1 heterocycles. The Morgan fingerprint density at radius 1 is 1.06 bits per heavy atom. The quantitative estimate of drug-likeness (QED) is 0.217. The number of rotatable bonds is 13. The van der Waals surface area contributed by atoms with Crippen molar-refractivity contribution in [2.24, 2.45) is 17.8 Å². The van der Waals surface area contributed by atoms with E-state index in [1.807, 2.05) is 13.8 Å². The van der Waals surface area contributed by atoms with Crippen molar-refractivity contribution in [2.45, 2.75) is 124 Å². The first-order valence-electron chi connectivity index (χ1n) is 13.1. The fourth-order valence-corrected chi connectivity index (χ4v) is 5.10. The van der Waals surface area contributed by atoms with Crippen LogP contribution in [-0.2, 0) is 4.79 Å². The minimum atomic E-state index is -1.11. The van der Waals surface area contributed by atoms with Crippen LogP contribution in [0.15, 0.2) is 12.1 Å². The van der Waals surface area contributed by atoms with Crippen LogP contribution in [0.5, 0.6) is 11.5 Å². The molecule has 0 N–H and O–H groups in total. The van der Waals surface area contributed by atoms with Crippen molar-refractivity contribution in [1.82, 2.24) is 0 Å². The van der Waals surface area contributed by atoms with Gasteiger partial charge in [0.1, 0.15) is 23.3 Å². The van der Waals surface area contributed by atoms with E-state index in [2.05, 4.69) is 27.7 Å². The minimum absolute atomic E-state index is 0.339. The van der Waals surface area contributed by atoms with Gasteiger partial charge in [-0.2, -0.15) is 0 Å². The van der Waals surface area contributed by atoms with Gasteiger partial charge in [-0.15, -0.1) is 0 Å². The lowest BCUT2D eigenvalue weighted by Gasteiger charge is -2.38. The van der Waals surface area contributed by atoms with E-state index < -0.39 is 17.7 Å². The van der Waals surface area contributed by atoms with Gasteiger partial charge in [-0.1, -0.05) is 72.6 Å². The highest BCUT2D eigenvalue weighted by atomic mass is 19.1. The number of halogens is 1. The van der Waals surface area contributed by atoms with Crippen LogP contribution in [0.1, 0.15) is 123 Å². The van der Waals surface area contributed by atoms with Gasteiger partial charge < -0.3 is 9.47 Å². The summed E-state index contributed by atoms with van der Waals surface area (Å²) in [5, 5.41) is 0. The van der Waals surface area contributed by atoms with Crippen molar-refractivity contribution in [3.63, 3.8) is 0 Å². The molecule has 3 nitrogen and oxygen atoms in total. The van der Waals surface area contributed by atoms with Crippen molar-refractivity contribution in [3.05, 3.63) is 23.3 Å². The molecule has 1 aromatic carbocycles. The Morgan fingerprint density at radius 2 is 1.64 bits per heavy atom. The molecule has 0 amide bonds. The first kappa shape index (κ1) is 27.7.